The van der Waals surface area contributed by atoms with Crippen molar-refractivity contribution in [3.63, 3.8) is 0 Å². The monoisotopic (exact) mass is 459 g/mol. The first-order valence-corrected chi connectivity index (χ1v) is 10.2. The van der Waals surface area contributed by atoms with Crippen LogP contribution in [0.5, 0.6) is 0 Å². The molecule has 0 unspecified atom stereocenters. The molecule has 0 amide bonds. The first-order chi connectivity index (χ1) is 14.3. The summed E-state index contributed by atoms with van der Waals surface area (Å²) in [4.78, 5) is 27.8. The molecule has 0 aromatic heterocycles. The predicted molar refractivity (Wildman–Crippen MR) is 106 cm³/mol. The van der Waals surface area contributed by atoms with Crippen molar-refractivity contribution in [1.82, 2.24) is 0 Å². The Hall–Kier alpha value is -2.06. The number of fused-ring (bicyclic) bond motifs is 1. The Labute approximate surface area is 182 Å². The number of carbonyl (C=O) groups excluding carboxylic acids is 2. The van der Waals surface area contributed by atoms with Crippen LogP contribution < -0.4 is 0 Å². The van der Waals surface area contributed by atoms with Gasteiger partial charge in [0.15, 0.2) is 5.54 Å². The fourth-order valence-corrected chi connectivity index (χ4v) is 4.58. The summed E-state index contributed by atoms with van der Waals surface area (Å²) >= 11 is 11.9. The summed E-state index contributed by atoms with van der Waals surface area (Å²) in [6.07, 6.45) is -1.01. The predicted octanol–water partition coefficient (Wildman–Crippen LogP) is 4.41. The van der Waals surface area contributed by atoms with E-state index in [9.17, 15) is 9.59 Å². The Balaban J connectivity index is 1.91. The van der Waals surface area contributed by atoms with Gasteiger partial charge < -0.3 is 14.2 Å². The van der Waals surface area contributed by atoms with Gasteiger partial charge in [0.25, 0.3) is 0 Å². The number of halogens is 3. The van der Waals surface area contributed by atoms with Crippen molar-refractivity contribution in [1.29, 1.82) is 0 Å². The Morgan fingerprint density at radius 2 is 1.90 bits per heavy atom. The average Bonchev–Trinajstić information content (AvgIpc) is 3.15. The summed E-state index contributed by atoms with van der Waals surface area (Å²) in [7, 11) is 0. The topological polar surface area (TPSA) is 111 Å². The minimum atomic E-state index is -2.43. The van der Waals surface area contributed by atoms with Crippen LogP contribution in [0.1, 0.15) is 25.8 Å². The van der Waals surface area contributed by atoms with Crippen molar-refractivity contribution in [2.45, 2.75) is 44.2 Å². The molecule has 30 heavy (non-hydrogen) atoms. The number of carbonyl (C=O) groups is 2. The van der Waals surface area contributed by atoms with E-state index in [1.165, 1.54) is 0 Å². The molecule has 162 valence electrons. The molecule has 2 saturated carbocycles. The van der Waals surface area contributed by atoms with Crippen LogP contribution in [0, 0.1) is 11.8 Å². The molecule has 0 heterocycles. The Morgan fingerprint density at radius 3 is 2.50 bits per heavy atom. The number of azide groups is 1. The third-order valence-electron chi connectivity index (χ3n) is 5.55. The number of alkyl halides is 1. The lowest BCUT2D eigenvalue weighted by Crippen LogP contribution is -2.53. The maximum Gasteiger partial charge on any atom is 0.344 e. The van der Waals surface area contributed by atoms with E-state index in [0.717, 1.165) is 0 Å². The Morgan fingerprint density at radius 1 is 1.23 bits per heavy atom. The molecule has 1 aromatic rings. The van der Waals surface area contributed by atoms with E-state index in [0.29, 0.717) is 15.6 Å². The molecule has 2 aliphatic carbocycles. The summed E-state index contributed by atoms with van der Waals surface area (Å²) in [5.74, 6) is -4.12. The van der Waals surface area contributed by atoms with Crippen LogP contribution in [0.2, 0.25) is 10.0 Å². The number of esters is 2. The lowest BCUT2D eigenvalue weighted by Gasteiger charge is -2.33. The van der Waals surface area contributed by atoms with Crippen molar-refractivity contribution in [2.75, 3.05) is 13.2 Å². The van der Waals surface area contributed by atoms with Gasteiger partial charge in [-0.3, -0.25) is 4.79 Å². The normalized spacial score (nSPS) is 31.4. The van der Waals surface area contributed by atoms with Gasteiger partial charge in [0, 0.05) is 16.7 Å². The molecule has 0 aliphatic heterocycles. The smallest absolute Gasteiger partial charge is 0.344 e. The molecule has 5 atom stereocenters. The molecule has 2 aliphatic rings. The van der Waals surface area contributed by atoms with Crippen LogP contribution in [-0.4, -0.2) is 42.5 Å². The van der Waals surface area contributed by atoms with E-state index < -0.39 is 41.1 Å². The number of rotatable bonds is 8. The van der Waals surface area contributed by atoms with Crippen LogP contribution in [-0.2, 0) is 30.4 Å². The number of benzene rings is 1. The highest BCUT2D eigenvalue weighted by Crippen LogP contribution is 2.69. The van der Waals surface area contributed by atoms with Crippen LogP contribution in [0.4, 0.5) is 4.39 Å². The van der Waals surface area contributed by atoms with Gasteiger partial charge in [-0.25, -0.2) is 9.18 Å². The zero-order valence-corrected chi connectivity index (χ0v) is 17.8. The van der Waals surface area contributed by atoms with E-state index in [2.05, 4.69) is 10.0 Å². The second-order valence-electron chi connectivity index (χ2n) is 7.09. The summed E-state index contributed by atoms with van der Waals surface area (Å²) in [6.45, 7) is 3.09. The van der Waals surface area contributed by atoms with Crippen molar-refractivity contribution < 1.29 is 28.2 Å². The molecule has 0 saturated heterocycles. The second kappa shape index (κ2) is 8.59. The fraction of sp³-hybridized carbons (Fsp3) is 0.579. The van der Waals surface area contributed by atoms with Crippen molar-refractivity contribution in [3.8, 4) is 0 Å². The Bertz CT molecular complexity index is 912. The number of hydrogen-bond acceptors (Lipinski definition) is 6. The molecule has 2 fully saturated rings. The van der Waals surface area contributed by atoms with E-state index >= 15 is 4.39 Å². The quantitative estimate of drug-likeness (QED) is 0.247. The van der Waals surface area contributed by atoms with Gasteiger partial charge in [-0.2, -0.15) is 0 Å². The fourth-order valence-electron chi connectivity index (χ4n) is 4.26. The van der Waals surface area contributed by atoms with Gasteiger partial charge >= 0.3 is 11.9 Å². The zero-order valence-electron chi connectivity index (χ0n) is 16.3. The molecule has 8 nitrogen and oxygen atoms in total. The lowest BCUT2D eigenvalue weighted by atomic mass is 9.87. The molecular formula is C19H20Cl2FN3O5. The minimum Gasteiger partial charge on any atom is -0.465 e. The minimum absolute atomic E-state index is 0.00178. The van der Waals surface area contributed by atoms with Crippen molar-refractivity contribution in [3.05, 3.63) is 44.3 Å². The molecule has 0 radical (unpaired) electrons. The highest BCUT2D eigenvalue weighted by molar-refractivity contribution is 6.42. The van der Waals surface area contributed by atoms with Gasteiger partial charge in [0.1, 0.15) is 0 Å². The van der Waals surface area contributed by atoms with Crippen molar-refractivity contribution in [2.24, 2.45) is 17.0 Å². The highest BCUT2D eigenvalue weighted by atomic mass is 35.5. The number of nitrogens with zero attached hydrogens (tertiary/aromatic N) is 3. The molecule has 0 spiro atoms. The average molecular weight is 460 g/mol. The van der Waals surface area contributed by atoms with Gasteiger partial charge in [0.05, 0.1) is 36.0 Å². The van der Waals surface area contributed by atoms with Gasteiger partial charge in [-0.05, 0) is 43.5 Å². The number of ether oxygens (including phenoxy) is 3. The first kappa shape index (κ1) is 22.6. The second-order valence-corrected chi connectivity index (χ2v) is 7.91. The number of hydrogen-bond donors (Lipinski definition) is 0. The summed E-state index contributed by atoms with van der Waals surface area (Å²) in [5, 5.41) is 4.34. The Kier molecular flexibility index (Phi) is 6.48. The maximum atomic E-state index is 15.5. The zero-order chi connectivity index (χ0) is 22.1. The SMILES string of the molecule is CCOC(=O)[C@@]1(F)[C@@H]2C[C@@H](OCc3ccc(Cl)c(Cl)c3)[C@@](N=[N+]=[N-])(C(=O)OCC)[C@@H]21. The van der Waals surface area contributed by atoms with Crippen LogP contribution >= 0.6 is 23.2 Å². The highest BCUT2D eigenvalue weighted by Gasteiger charge is 2.86. The van der Waals surface area contributed by atoms with E-state index in [-0.39, 0.29) is 26.2 Å². The maximum absolute atomic E-state index is 15.5. The molecular weight excluding hydrogens is 440 g/mol. The van der Waals surface area contributed by atoms with Gasteiger partial charge in [-0.1, -0.05) is 34.4 Å². The molecule has 3 rings (SSSR count). The molecule has 1 aromatic carbocycles. The van der Waals surface area contributed by atoms with Crippen molar-refractivity contribution >= 4 is 35.1 Å². The van der Waals surface area contributed by atoms with Crippen LogP contribution in [0.25, 0.3) is 10.4 Å². The van der Waals surface area contributed by atoms with E-state index in [1.54, 1.807) is 32.0 Å². The van der Waals surface area contributed by atoms with Crippen LogP contribution in [0.3, 0.4) is 0 Å². The summed E-state index contributed by atoms with van der Waals surface area (Å²) in [5.41, 5.74) is 5.35. The third-order valence-corrected chi connectivity index (χ3v) is 6.29. The molecule has 0 N–H and O–H groups in total. The molecule has 0 bridgehead atoms. The first-order valence-electron chi connectivity index (χ1n) is 9.42. The standard InChI is InChI=1S/C19H20Cl2FN3O5/c1-3-28-16(26)18(22)11-8-14(30-9-10-5-6-12(20)13(21)7-10)19(15(11)18,24-25-23)17(27)29-4-2/h5-7,11,14-15H,3-4,8-9H2,1-2H3/t11-,14-,15+,18-,19+/m1/s1. The third kappa shape index (κ3) is 3.50. The lowest BCUT2D eigenvalue weighted by molar-refractivity contribution is -0.162. The molecule has 11 heteroatoms. The van der Waals surface area contributed by atoms with E-state index in [4.69, 9.17) is 42.9 Å². The largest absolute Gasteiger partial charge is 0.465 e. The van der Waals surface area contributed by atoms with Gasteiger partial charge in [0.2, 0.25) is 5.67 Å². The van der Waals surface area contributed by atoms with E-state index in [1.807, 2.05) is 0 Å². The van der Waals surface area contributed by atoms with Crippen LogP contribution in [0.15, 0.2) is 23.3 Å². The summed E-state index contributed by atoms with van der Waals surface area (Å²) in [6, 6.07) is 4.87. The summed E-state index contributed by atoms with van der Waals surface area (Å²) < 4.78 is 31.3. The van der Waals surface area contributed by atoms with Gasteiger partial charge in [-0.15, -0.1) is 0 Å².